The molecule has 4 nitrogen and oxygen atoms in total. The molecule has 1 saturated carbocycles. The van der Waals surface area contributed by atoms with Crippen LogP contribution >= 0.6 is 0 Å². The number of fused-ring (bicyclic) bond motifs is 1. The molecule has 0 unspecified atom stereocenters. The van der Waals surface area contributed by atoms with Gasteiger partial charge in [0.15, 0.2) is 0 Å². The first-order chi connectivity index (χ1) is 14.2. The summed E-state index contributed by atoms with van der Waals surface area (Å²) in [4.78, 5) is 13.6. The minimum absolute atomic E-state index is 0.181. The maximum atomic E-state index is 11.6. The van der Waals surface area contributed by atoms with E-state index in [9.17, 15) is 4.79 Å². The minimum atomic E-state index is -0.181. The van der Waals surface area contributed by atoms with Crippen LogP contribution in [0.2, 0.25) is 0 Å². The fraction of sp³-hybridized carbons (Fsp3) is 0.577. The highest BCUT2D eigenvalue weighted by atomic mass is 16.5. The lowest BCUT2D eigenvalue weighted by molar-refractivity contribution is -0.144. The number of esters is 1. The predicted octanol–water partition coefficient (Wildman–Crippen LogP) is 5.82. The highest BCUT2D eigenvalue weighted by Crippen LogP contribution is 2.39. The first kappa shape index (κ1) is 22.6. The molecule has 0 atom stereocenters. The molecule has 0 saturated heterocycles. The summed E-state index contributed by atoms with van der Waals surface area (Å²) in [5.41, 5.74) is 1.58. The van der Waals surface area contributed by atoms with E-state index in [1.54, 1.807) is 0 Å². The van der Waals surface area contributed by atoms with E-state index >= 15 is 0 Å². The van der Waals surface area contributed by atoms with Gasteiger partial charge >= 0.3 is 5.97 Å². The molecule has 0 bridgehead atoms. The Morgan fingerprint density at radius 1 is 1.03 bits per heavy atom. The van der Waals surface area contributed by atoms with Crippen LogP contribution in [0.25, 0.3) is 10.8 Å². The Balaban J connectivity index is 1.58. The van der Waals surface area contributed by atoms with Gasteiger partial charge < -0.3 is 9.47 Å². The number of carbonyl (C=O) groups excluding carboxylic acids is 1. The van der Waals surface area contributed by atoms with Gasteiger partial charge in [-0.3, -0.25) is 9.69 Å². The number of nitrogens with zero attached hydrogens (tertiary/aromatic N) is 1. The number of hydrogen-bond donors (Lipinski definition) is 0. The Morgan fingerprint density at radius 3 is 2.37 bits per heavy atom. The Labute approximate surface area is 181 Å². The Morgan fingerprint density at radius 2 is 1.70 bits per heavy atom. The Bertz CT molecular complexity index is 847. The van der Waals surface area contributed by atoms with Crippen molar-refractivity contribution in [2.24, 2.45) is 11.3 Å². The number of ether oxygens (including phenoxy) is 2. The van der Waals surface area contributed by atoms with E-state index in [0.717, 1.165) is 24.5 Å². The topological polar surface area (TPSA) is 38.8 Å². The standard InChI is InChI=1S/C26H37NO3/c1-6-29-25(28)18-27(5)17-19-7-8-21-16-24(12-9-20(21)15-19)30-23-13-10-22(11-14-23)26(2,3)4/h7-9,12,15-16,22-23H,6,10-11,13-14,17-18H2,1-5H3/t22-,23-. The first-order valence-electron chi connectivity index (χ1n) is 11.3. The van der Waals surface area contributed by atoms with Gasteiger partial charge in [0.1, 0.15) is 5.75 Å². The van der Waals surface area contributed by atoms with Crippen molar-refractivity contribution in [3.8, 4) is 5.75 Å². The highest BCUT2D eigenvalue weighted by Gasteiger charge is 2.30. The molecule has 2 aromatic carbocycles. The molecule has 1 aliphatic rings. The van der Waals surface area contributed by atoms with E-state index in [1.807, 2.05) is 18.9 Å². The van der Waals surface area contributed by atoms with Crippen LogP contribution in [0.1, 0.15) is 58.9 Å². The van der Waals surface area contributed by atoms with Gasteiger partial charge in [-0.25, -0.2) is 0 Å². The van der Waals surface area contributed by atoms with E-state index in [2.05, 4.69) is 57.2 Å². The number of benzene rings is 2. The van der Waals surface area contributed by atoms with Crippen molar-refractivity contribution in [2.45, 2.75) is 66.0 Å². The van der Waals surface area contributed by atoms with Crippen molar-refractivity contribution in [3.63, 3.8) is 0 Å². The normalized spacial score (nSPS) is 19.8. The van der Waals surface area contributed by atoms with Crippen LogP contribution in [-0.4, -0.2) is 37.2 Å². The quantitative estimate of drug-likeness (QED) is 0.538. The molecule has 0 aliphatic heterocycles. The molecule has 3 rings (SSSR count). The van der Waals surface area contributed by atoms with Crippen LogP contribution < -0.4 is 4.74 Å². The molecule has 0 aromatic heterocycles. The van der Waals surface area contributed by atoms with Crippen molar-refractivity contribution in [1.29, 1.82) is 0 Å². The molecule has 1 fully saturated rings. The van der Waals surface area contributed by atoms with E-state index in [1.165, 1.54) is 29.2 Å². The number of rotatable bonds is 7. The van der Waals surface area contributed by atoms with E-state index in [-0.39, 0.29) is 5.97 Å². The molecule has 0 heterocycles. The van der Waals surface area contributed by atoms with Crippen LogP contribution in [0.15, 0.2) is 36.4 Å². The molecular formula is C26H37NO3. The second kappa shape index (κ2) is 9.82. The molecule has 0 N–H and O–H groups in total. The fourth-order valence-corrected chi connectivity index (χ4v) is 4.48. The molecule has 30 heavy (non-hydrogen) atoms. The van der Waals surface area contributed by atoms with Gasteiger partial charge in [-0.1, -0.05) is 39.0 Å². The second-order valence-corrected chi connectivity index (χ2v) is 9.78. The summed E-state index contributed by atoms with van der Waals surface area (Å²) >= 11 is 0. The fourth-order valence-electron chi connectivity index (χ4n) is 4.48. The largest absolute Gasteiger partial charge is 0.490 e. The van der Waals surface area contributed by atoms with Gasteiger partial charge in [-0.15, -0.1) is 0 Å². The average Bonchev–Trinajstić information content (AvgIpc) is 2.68. The highest BCUT2D eigenvalue weighted by molar-refractivity contribution is 5.84. The SMILES string of the molecule is CCOC(=O)CN(C)Cc1ccc2cc(O[C@H]3CC[C@H](C(C)(C)C)CC3)ccc2c1. The van der Waals surface area contributed by atoms with Crippen LogP contribution in [0.3, 0.4) is 0 Å². The molecule has 2 aromatic rings. The smallest absolute Gasteiger partial charge is 0.320 e. The third-order valence-electron chi connectivity index (χ3n) is 6.23. The molecule has 0 amide bonds. The van der Waals surface area contributed by atoms with Crippen LogP contribution in [0, 0.1) is 11.3 Å². The lowest BCUT2D eigenvalue weighted by atomic mass is 9.72. The van der Waals surface area contributed by atoms with Crippen molar-refractivity contribution in [1.82, 2.24) is 4.90 Å². The Kier molecular flexibility index (Phi) is 7.41. The molecule has 0 spiro atoms. The molecule has 164 valence electrons. The average molecular weight is 412 g/mol. The summed E-state index contributed by atoms with van der Waals surface area (Å²) in [5.74, 6) is 1.59. The van der Waals surface area contributed by atoms with Crippen molar-refractivity contribution < 1.29 is 14.3 Å². The van der Waals surface area contributed by atoms with E-state index in [4.69, 9.17) is 9.47 Å². The van der Waals surface area contributed by atoms with Gasteiger partial charge in [0.2, 0.25) is 0 Å². The molecule has 0 radical (unpaired) electrons. The lowest BCUT2D eigenvalue weighted by Gasteiger charge is -2.37. The van der Waals surface area contributed by atoms with E-state index < -0.39 is 0 Å². The number of likely N-dealkylation sites (N-methyl/N-ethyl adjacent to an activating group) is 1. The monoisotopic (exact) mass is 411 g/mol. The van der Waals surface area contributed by atoms with Crippen molar-refractivity contribution in [3.05, 3.63) is 42.0 Å². The molecule has 4 heteroatoms. The molecular weight excluding hydrogens is 374 g/mol. The lowest BCUT2D eigenvalue weighted by Crippen LogP contribution is -2.30. The van der Waals surface area contributed by atoms with Gasteiger partial charge in [0, 0.05) is 6.54 Å². The second-order valence-electron chi connectivity index (χ2n) is 9.78. The third kappa shape index (κ3) is 6.21. The van der Waals surface area contributed by atoms with Gasteiger partial charge in [-0.05, 0) is 85.5 Å². The summed E-state index contributed by atoms with van der Waals surface area (Å²) in [7, 11) is 1.94. The van der Waals surface area contributed by atoms with Crippen LogP contribution in [-0.2, 0) is 16.1 Å². The first-order valence-corrected chi connectivity index (χ1v) is 11.3. The van der Waals surface area contributed by atoms with Gasteiger partial charge in [-0.2, -0.15) is 0 Å². The van der Waals surface area contributed by atoms with Gasteiger partial charge in [0.25, 0.3) is 0 Å². The third-order valence-corrected chi connectivity index (χ3v) is 6.23. The summed E-state index contributed by atoms with van der Waals surface area (Å²) in [6.45, 7) is 10.3. The number of carbonyl (C=O) groups is 1. The van der Waals surface area contributed by atoms with Crippen molar-refractivity contribution >= 4 is 16.7 Å². The summed E-state index contributed by atoms with van der Waals surface area (Å²) in [6, 6.07) is 12.8. The van der Waals surface area contributed by atoms with Gasteiger partial charge in [0.05, 0.1) is 19.3 Å². The summed E-state index contributed by atoms with van der Waals surface area (Å²) in [5, 5.41) is 2.38. The zero-order valence-electron chi connectivity index (χ0n) is 19.2. The van der Waals surface area contributed by atoms with Crippen molar-refractivity contribution in [2.75, 3.05) is 20.2 Å². The zero-order valence-corrected chi connectivity index (χ0v) is 19.2. The predicted molar refractivity (Wildman–Crippen MR) is 123 cm³/mol. The van der Waals surface area contributed by atoms with Crippen LogP contribution in [0.4, 0.5) is 0 Å². The number of hydrogen-bond acceptors (Lipinski definition) is 4. The molecule has 1 aliphatic carbocycles. The summed E-state index contributed by atoms with van der Waals surface area (Å²) in [6.07, 6.45) is 5.13. The maximum Gasteiger partial charge on any atom is 0.320 e. The summed E-state index contributed by atoms with van der Waals surface area (Å²) < 4.78 is 11.4. The van der Waals surface area contributed by atoms with E-state index in [0.29, 0.717) is 31.2 Å². The maximum absolute atomic E-state index is 11.6. The minimum Gasteiger partial charge on any atom is -0.490 e. The van der Waals surface area contributed by atoms with Crippen LogP contribution in [0.5, 0.6) is 5.75 Å². The Hall–Kier alpha value is -2.07. The zero-order chi connectivity index (χ0) is 21.7.